The lowest BCUT2D eigenvalue weighted by atomic mass is 10.3. The van der Waals surface area contributed by atoms with Gasteiger partial charge in [-0.3, -0.25) is 9.29 Å². The second-order valence-corrected chi connectivity index (χ2v) is 6.30. The van der Waals surface area contributed by atoms with Crippen molar-refractivity contribution in [3.63, 3.8) is 0 Å². The summed E-state index contributed by atoms with van der Waals surface area (Å²) in [4.78, 5) is 3.92. The third kappa shape index (κ3) is 2.71. The predicted molar refractivity (Wildman–Crippen MR) is 80.3 cm³/mol. The lowest BCUT2D eigenvalue weighted by Gasteiger charge is -2.23. The average Bonchev–Trinajstić information content (AvgIpc) is 2.40. The SMILES string of the molecule is CCN(c1ccncc1)S(=O)(=O)c1ccc(N)cc1Cl. The van der Waals surface area contributed by atoms with Gasteiger partial charge in [0.25, 0.3) is 10.0 Å². The molecule has 2 rings (SSSR count). The number of hydrogen-bond donors (Lipinski definition) is 1. The largest absolute Gasteiger partial charge is 0.399 e. The van der Waals surface area contributed by atoms with E-state index in [1.54, 1.807) is 19.1 Å². The number of rotatable bonds is 4. The highest BCUT2D eigenvalue weighted by Crippen LogP contribution is 2.29. The molecule has 2 N–H and O–H groups in total. The van der Waals surface area contributed by atoms with Crippen molar-refractivity contribution in [3.05, 3.63) is 47.7 Å². The van der Waals surface area contributed by atoms with Gasteiger partial charge in [0.2, 0.25) is 0 Å². The van der Waals surface area contributed by atoms with E-state index in [1.165, 1.54) is 34.9 Å². The second-order valence-electron chi connectivity index (χ2n) is 4.07. The molecule has 0 unspecified atom stereocenters. The van der Waals surface area contributed by atoms with E-state index in [4.69, 9.17) is 17.3 Å². The van der Waals surface area contributed by atoms with Crippen LogP contribution in [0.25, 0.3) is 0 Å². The first kappa shape index (κ1) is 14.6. The number of pyridine rings is 1. The molecule has 7 heteroatoms. The minimum Gasteiger partial charge on any atom is -0.399 e. The fraction of sp³-hybridized carbons (Fsp3) is 0.154. The highest BCUT2D eigenvalue weighted by Gasteiger charge is 2.25. The van der Waals surface area contributed by atoms with Gasteiger partial charge in [-0.25, -0.2) is 8.42 Å². The van der Waals surface area contributed by atoms with Crippen LogP contribution in [0, 0.1) is 0 Å². The van der Waals surface area contributed by atoms with Crippen molar-refractivity contribution in [3.8, 4) is 0 Å². The van der Waals surface area contributed by atoms with Crippen molar-refractivity contribution in [1.29, 1.82) is 0 Å². The Labute approximate surface area is 123 Å². The number of sulfonamides is 1. The Morgan fingerprint density at radius 2 is 1.90 bits per heavy atom. The van der Waals surface area contributed by atoms with E-state index >= 15 is 0 Å². The maximum Gasteiger partial charge on any atom is 0.265 e. The summed E-state index contributed by atoms with van der Waals surface area (Å²) in [6.07, 6.45) is 3.08. The smallest absolute Gasteiger partial charge is 0.265 e. The minimum absolute atomic E-state index is 0.0343. The van der Waals surface area contributed by atoms with Crippen molar-refractivity contribution >= 4 is 33.0 Å². The molecule has 0 amide bonds. The quantitative estimate of drug-likeness (QED) is 0.880. The summed E-state index contributed by atoms with van der Waals surface area (Å²) in [5.74, 6) is 0. The van der Waals surface area contributed by atoms with E-state index in [0.29, 0.717) is 11.4 Å². The maximum absolute atomic E-state index is 12.7. The van der Waals surface area contributed by atoms with Crippen LogP contribution in [0.4, 0.5) is 11.4 Å². The van der Waals surface area contributed by atoms with Gasteiger partial charge in [-0.05, 0) is 37.3 Å². The molecule has 1 heterocycles. The third-order valence-electron chi connectivity index (χ3n) is 2.76. The van der Waals surface area contributed by atoms with E-state index in [-0.39, 0.29) is 16.5 Å². The number of anilines is 2. The Hall–Kier alpha value is -1.79. The lowest BCUT2D eigenvalue weighted by Crippen LogP contribution is -2.31. The molecule has 2 aromatic rings. The first-order chi connectivity index (χ1) is 9.46. The standard InChI is InChI=1S/C13H14ClN3O2S/c1-2-17(11-5-7-16-8-6-11)20(18,19)13-4-3-10(15)9-12(13)14/h3-9H,2,15H2,1H3. The van der Waals surface area contributed by atoms with Crippen molar-refractivity contribution < 1.29 is 8.42 Å². The van der Waals surface area contributed by atoms with Gasteiger partial charge in [-0.1, -0.05) is 11.6 Å². The molecule has 0 bridgehead atoms. The van der Waals surface area contributed by atoms with Crippen molar-refractivity contribution in [1.82, 2.24) is 4.98 Å². The van der Waals surface area contributed by atoms with Gasteiger partial charge < -0.3 is 5.73 Å². The van der Waals surface area contributed by atoms with Gasteiger partial charge in [0.05, 0.1) is 10.7 Å². The van der Waals surface area contributed by atoms with Gasteiger partial charge in [-0.15, -0.1) is 0 Å². The molecule has 0 atom stereocenters. The molecule has 106 valence electrons. The maximum atomic E-state index is 12.7. The van der Waals surface area contributed by atoms with E-state index in [2.05, 4.69) is 4.98 Å². The third-order valence-corrected chi connectivity index (χ3v) is 5.15. The van der Waals surface area contributed by atoms with Crippen LogP contribution in [0.1, 0.15) is 6.92 Å². The number of nitrogens with zero attached hydrogens (tertiary/aromatic N) is 2. The molecule has 1 aromatic heterocycles. The van der Waals surface area contributed by atoms with Gasteiger partial charge in [0, 0.05) is 24.6 Å². The molecular weight excluding hydrogens is 298 g/mol. The molecule has 5 nitrogen and oxygen atoms in total. The Balaban J connectivity index is 2.53. The first-order valence-corrected chi connectivity index (χ1v) is 7.76. The van der Waals surface area contributed by atoms with Crippen LogP contribution >= 0.6 is 11.6 Å². The molecule has 0 spiro atoms. The van der Waals surface area contributed by atoms with Crippen LogP contribution in [-0.4, -0.2) is 19.9 Å². The summed E-state index contributed by atoms with van der Waals surface area (Å²) in [7, 11) is -3.73. The van der Waals surface area contributed by atoms with Crippen molar-refractivity contribution in [2.75, 3.05) is 16.6 Å². The molecule has 0 fully saturated rings. The van der Waals surface area contributed by atoms with E-state index in [1.807, 2.05) is 0 Å². The summed E-state index contributed by atoms with van der Waals surface area (Å²) in [5, 5.41) is 0.109. The molecule has 0 aliphatic heterocycles. The van der Waals surface area contributed by atoms with Crippen LogP contribution in [0.15, 0.2) is 47.6 Å². The van der Waals surface area contributed by atoms with Crippen molar-refractivity contribution in [2.45, 2.75) is 11.8 Å². The molecule has 0 saturated heterocycles. The Kier molecular flexibility index (Phi) is 4.15. The summed E-state index contributed by atoms with van der Waals surface area (Å²) in [5.41, 5.74) is 6.54. The number of halogens is 1. The molecular formula is C13H14ClN3O2S. The highest BCUT2D eigenvalue weighted by atomic mass is 35.5. The zero-order chi connectivity index (χ0) is 14.8. The van der Waals surface area contributed by atoms with Gasteiger partial charge in [0.15, 0.2) is 0 Å². The van der Waals surface area contributed by atoms with Gasteiger partial charge in [-0.2, -0.15) is 0 Å². The van der Waals surface area contributed by atoms with Gasteiger partial charge >= 0.3 is 0 Å². The lowest BCUT2D eigenvalue weighted by molar-refractivity contribution is 0.592. The normalized spacial score (nSPS) is 11.3. The summed E-state index contributed by atoms with van der Waals surface area (Å²) < 4.78 is 26.6. The number of hydrogen-bond acceptors (Lipinski definition) is 4. The average molecular weight is 312 g/mol. The molecule has 1 aromatic carbocycles. The summed E-state index contributed by atoms with van der Waals surface area (Å²) in [6.45, 7) is 2.04. The fourth-order valence-electron chi connectivity index (χ4n) is 1.85. The monoisotopic (exact) mass is 311 g/mol. The fourth-order valence-corrected chi connectivity index (χ4v) is 3.85. The zero-order valence-electron chi connectivity index (χ0n) is 10.8. The number of aromatic nitrogens is 1. The van der Waals surface area contributed by atoms with Crippen LogP contribution in [0.5, 0.6) is 0 Å². The first-order valence-electron chi connectivity index (χ1n) is 5.94. The highest BCUT2D eigenvalue weighted by molar-refractivity contribution is 7.93. The Bertz CT molecular complexity index is 705. The number of nitrogens with two attached hydrogens (primary N) is 1. The van der Waals surface area contributed by atoms with E-state index < -0.39 is 10.0 Å². The molecule has 0 aliphatic carbocycles. The van der Waals surface area contributed by atoms with Crippen LogP contribution in [0.2, 0.25) is 5.02 Å². The summed E-state index contributed by atoms with van der Waals surface area (Å²) in [6, 6.07) is 7.61. The van der Waals surface area contributed by atoms with Crippen LogP contribution < -0.4 is 10.0 Å². The van der Waals surface area contributed by atoms with Crippen LogP contribution in [-0.2, 0) is 10.0 Å². The molecule has 0 saturated carbocycles. The summed E-state index contributed by atoms with van der Waals surface area (Å²) >= 11 is 6.00. The number of benzene rings is 1. The Morgan fingerprint density at radius 3 is 2.45 bits per heavy atom. The van der Waals surface area contributed by atoms with Crippen LogP contribution in [0.3, 0.4) is 0 Å². The van der Waals surface area contributed by atoms with Gasteiger partial charge in [0.1, 0.15) is 4.90 Å². The minimum atomic E-state index is -3.73. The zero-order valence-corrected chi connectivity index (χ0v) is 12.4. The van der Waals surface area contributed by atoms with Crippen molar-refractivity contribution in [2.24, 2.45) is 0 Å². The second kappa shape index (κ2) is 5.68. The predicted octanol–water partition coefficient (Wildman–Crippen LogP) is 2.53. The molecule has 0 radical (unpaired) electrons. The molecule has 0 aliphatic rings. The number of nitrogen functional groups attached to an aromatic ring is 1. The van der Waals surface area contributed by atoms with E-state index in [9.17, 15) is 8.42 Å². The Morgan fingerprint density at radius 1 is 1.25 bits per heavy atom. The van der Waals surface area contributed by atoms with E-state index in [0.717, 1.165) is 0 Å². The topological polar surface area (TPSA) is 76.3 Å². The molecule has 20 heavy (non-hydrogen) atoms.